The first-order valence-electron chi connectivity index (χ1n) is 4.18. The van der Waals surface area contributed by atoms with E-state index in [-0.39, 0.29) is 5.88 Å². The number of alkyl halides is 3. The average Bonchev–Trinajstić information content (AvgIpc) is 2.60. The van der Waals surface area contributed by atoms with Crippen molar-refractivity contribution in [2.45, 2.75) is 12.2 Å². The third kappa shape index (κ3) is 3.16. The summed E-state index contributed by atoms with van der Waals surface area (Å²) in [7, 11) is 0. The van der Waals surface area contributed by atoms with E-state index in [0.29, 0.717) is 11.8 Å². The first kappa shape index (κ1) is 12.9. The van der Waals surface area contributed by atoms with Gasteiger partial charge in [-0.05, 0) is 0 Å². The van der Waals surface area contributed by atoms with Crippen molar-refractivity contribution in [3.63, 3.8) is 0 Å². The summed E-state index contributed by atoms with van der Waals surface area (Å²) in [6.07, 6.45) is -3.68. The predicted molar refractivity (Wildman–Crippen MR) is 50.8 cm³/mol. The first-order valence-corrected chi connectivity index (χ1v) is 5.33. The lowest BCUT2D eigenvalue weighted by molar-refractivity contribution is -0.165. The molecule has 0 bridgehead atoms. The van der Waals surface area contributed by atoms with Gasteiger partial charge in [0.15, 0.2) is 0 Å². The molecule has 0 amide bonds. The van der Waals surface area contributed by atoms with Crippen LogP contribution in [0.1, 0.15) is 0 Å². The van der Waals surface area contributed by atoms with Gasteiger partial charge in [-0.25, -0.2) is 4.79 Å². The van der Waals surface area contributed by atoms with Crippen LogP contribution in [0.5, 0.6) is 0 Å². The van der Waals surface area contributed by atoms with Crippen LogP contribution in [0, 0.1) is 0 Å². The van der Waals surface area contributed by atoms with Crippen molar-refractivity contribution in [3.05, 3.63) is 12.3 Å². The number of ketones is 1. The van der Waals surface area contributed by atoms with Crippen LogP contribution in [0.3, 0.4) is 0 Å². The van der Waals surface area contributed by atoms with E-state index in [1.165, 1.54) is 16.7 Å². The van der Waals surface area contributed by atoms with E-state index in [1.807, 2.05) is 0 Å². The summed E-state index contributed by atoms with van der Waals surface area (Å²) in [4.78, 5) is 22.4. The van der Waals surface area contributed by atoms with E-state index in [0.717, 1.165) is 6.20 Å². The van der Waals surface area contributed by atoms with Crippen LogP contribution in [0.2, 0.25) is 0 Å². The molecule has 1 heterocycles. The van der Waals surface area contributed by atoms with Crippen LogP contribution >= 0.6 is 11.8 Å². The lowest BCUT2D eigenvalue weighted by Gasteiger charge is -2.17. The number of carboxylic acid groups (broad SMARTS) is 1. The fraction of sp³-hybridized carbons (Fsp3) is 0.500. The summed E-state index contributed by atoms with van der Waals surface area (Å²) in [5, 5.41) is 8.71. The van der Waals surface area contributed by atoms with Gasteiger partial charge in [-0.3, -0.25) is 4.79 Å². The topological polar surface area (TPSA) is 57.6 Å². The molecule has 16 heavy (non-hydrogen) atoms. The monoisotopic (exact) mass is 255 g/mol. The third-order valence-electron chi connectivity index (χ3n) is 1.90. The Morgan fingerprint density at radius 1 is 1.44 bits per heavy atom. The summed E-state index contributed by atoms with van der Waals surface area (Å²) >= 11 is 1.28. The lowest BCUT2D eigenvalue weighted by atomic mass is 10.3. The first-order chi connectivity index (χ1) is 7.32. The number of thioether (sulfide) groups is 1. The SMILES string of the molecule is O=C(O)C1CSCN1/C=C/C(=O)C(F)(F)F. The summed E-state index contributed by atoms with van der Waals surface area (Å²) in [6, 6.07) is -0.873. The summed E-state index contributed by atoms with van der Waals surface area (Å²) in [5.41, 5.74) is 0. The molecule has 1 rings (SSSR count). The van der Waals surface area contributed by atoms with Gasteiger partial charge in [-0.1, -0.05) is 0 Å². The Hall–Kier alpha value is -1.18. The van der Waals surface area contributed by atoms with Gasteiger partial charge in [0.1, 0.15) is 6.04 Å². The maximum absolute atomic E-state index is 11.8. The fourth-order valence-electron chi connectivity index (χ4n) is 1.07. The molecule has 1 unspecified atom stereocenters. The molecule has 1 saturated heterocycles. The minimum absolute atomic E-state index is 0.263. The number of nitrogens with zero attached hydrogens (tertiary/aromatic N) is 1. The predicted octanol–water partition coefficient (Wildman–Crippen LogP) is 1.09. The molecule has 1 fully saturated rings. The van der Waals surface area contributed by atoms with Gasteiger partial charge in [0.05, 0.1) is 5.88 Å². The number of aliphatic carboxylic acids is 1. The Balaban J connectivity index is 2.63. The lowest BCUT2D eigenvalue weighted by Crippen LogP contribution is -2.34. The van der Waals surface area contributed by atoms with Gasteiger partial charge in [-0.2, -0.15) is 13.2 Å². The molecule has 0 aromatic rings. The number of carbonyl (C=O) groups is 2. The standard InChI is InChI=1S/C8H8F3NO3S/c9-8(10,11)6(13)1-2-12-4-16-3-5(12)7(14)15/h1-2,5H,3-4H2,(H,14,15)/b2-1+. The second-order valence-corrected chi connectivity index (χ2v) is 4.05. The van der Waals surface area contributed by atoms with Crippen LogP contribution < -0.4 is 0 Å². The molecule has 0 radical (unpaired) electrons. The van der Waals surface area contributed by atoms with Gasteiger partial charge in [-0.15, -0.1) is 11.8 Å². The number of hydrogen-bond donors (Lipinski definition) is 1. The van der Waals surface area contributed by atoms with Gasteiger partial charge >= 0.3 is 12.1 Å². The molecule has 1 N–H and O–H groups in total. The summed E-state index contributed by atoms with van der Waals surface area (Å²) in [5.74, 6) is -2.55. The molecule has 0 saturated carbocycles. The van der Waals surface area contributed by atoms with E-state index in [4.69, 9.17) is 5.11 Å². The molecule has 0 aliphatic carbocycles. The Kier molecular flexibility index (Phi) is 3.84. The molecule has 0 aromatic carbocycles. The van der Waals surface area contributed by atoms with Crippen LogP contribution in [-0.2, 0) is 9.59 Å². The van der Waals surface area contributed by atoms with Crippen molar-refractivity contribution in [1.82, 2.24) is 4.90 Å². The van der Waals surface area contributed by atoms with Crippen LogP contribution in [0.15, 0.2) is 12.3 Å². The van der Waals surface area contributed by atoms with E-state index in [9.17, 15) is 22.8 Å². The zero-order valence-corrected chi connectivity index (χ0v) is 8.72. The highest BCUT2D eigenvalue weighted by Gasteiger charge is 2.37. The molecule has 8 heteroatoms. The molecule has 90 valence electrons. The van der Waals surface area contributed by atoms with Gasteiger partial charge in [0.2, 0.25) is 0 Å². The van der Waals surface area contributed by atoms with Crippen molar-refractivity contribution < 1.29 is 27.9 Å². The molecular weight excluding hydrogens is 247 g/mol. The van der Waals surface area contributed by atoms with Crippen molar-refractivity contribution in [2.75, 3.05) is 11.6 Å². The second-order valence-electron chi connectivity index (χ2n) is 3.05. The largest absolute Gasteiger partial charge is 0.480 e. The van der Waals surface area contributed by atoms with Crippen LogP contribution in [0.25, 0.3) is 0 Å². The van der Waals surface area contributed by atoms with Crippen molar-refractivity contribution in [1.29, 1.82) is 0 Å². The molecular formula is C8H8F3NO3S. The second kappa shape index (κ2) is 4.77. The number of carbonyl (C=O) groups excluding carboxylic acids is 1. The third-order valence-corrected chi connectivity index (χ3v) is 2.93. The van der Waals surface area contributed by atoms with Gasteiger partial charge < -0.3 is 10.0 Å². The maximum Gasteiger partial charge on any atom is 0.454 e. The number of halogens is 3. The zero-order valence-electron chi connectivity index (χ0n) is 7.90. The van der Waals surface area contributed by atoms with E-state index in [1.54, 1.807) is 0 Å². The van der Waals surface area contributed by atoms with Crippen molar-refractivity contribution in [2.24, 2.45) is 0 Å². The molecule has 0 spiro atoms. The maximum atomic E-state index is 11.8. The molecule has 1 aliphatic rings. The van der Waals surface area contributed by atoms with E-state index >= 15 is 0 Å². The summed E-state index contributed by atoms with van der Waals surface area (Å²) < 4.78 is 35.5. The van der Waals surface area contributed by atoms with Gasteiger partial charge in [0, 0.05) is 18.0 Å². The molecule has 0 aromatic heterocycles. The van der Waals surface area contributed by atoms with Crippen molar-refractivity contribution in [3.8, 4) is 0 Å². The van der Waals surface area contributed by atoms with Crippen molar-refractivity contribution >= 4 is 23.5 Å². The Morgan fingerprint density at radius 3 is 2.56 bits per heavy atom. The zero-order chi connectivity index (χ0) is 12.3. The minimum atomic E-state index is -4.91. The summed E-state index contributed by atoms with van der Waals surface area (Å²) in [6.45, 7) is 0. The van der Waals surface area contributed by atoms with E-state index in [2.05, 4.69) is 0 Å². The highest BCUT2D eigenvalue weighted by Crippen LogP contribution is 2.22. The highest BCUT2D eigenvalue weighted by molar-refractivity contribution is 7.99. The normalized spacial score (nSPS) is 21.7. The number of allylic oxidation sites excluding steroid dienone is 1. The number of hydrogen-bond acceptors (Lipinski definition) is 4. The average molecular weight is 255 g/mol. The Bertz CT molecular complexity index is 329. The quantitative estimate of drug-likeness (QED) is 0.765. The Morgan fingerprint density at radius 2 is 2.06 bits per heavy atom. The Labute approximate surface area is 93.1 Å². The highest BCUT2D eigenvalue weighted by atomic mass is 32.2. The minimum Gasteiger partial charge on any atom is -0.480 e. The number of rotatable bonds is 3. The van der Waals surface area contributed by atoms with Gasteiger partial charge in [0.25, 0.3) is 5.78 Å². The van der Waals surface area contributed by atoms with E-state index < -0.39 is 24.0 Å². The fourth-order valence-corrected chi connectivity index (χ4v) is 2.21. The molecule has 1 atom stereocenters. The smallest absolute Gasteiger partial charge is 0.454 e. The van der Waals surface area contributed by atoms with Crippen LogP contribution in [-0.4, -0.2) is 45.6 Å². The van der Waals surface area contributed by atoms with Crippen LogP contribution in [0.4, 0.5) is 13.2 Å². The molecule has 1 aliphatic heterocycles. The molecule has 4 nitrogen and oxygen atoms in total. The number of carboxylic acids is 1.